The van der Waals surface area contributed by atoms with E-state index in [9.17, 15) is 9.59 Å². The molecule has 0 saturated carbocycles. The topological polar surface area (TPSA) is 119 Å². The van der Waals surface area contributed by atoms with Gasteiger partial charge in [0.25, 0.3) is 5.56 Å². The van der Waals surface area contributed by atoms with Crippen molar-refractivity contribution in [2.45, 2.75) is 26.8 Å². The zero-order valence-corrected chi connectivity index (χ0v) is 14.4. The number of nitrogens with zero attached hydrogens (tertiary/aromatic N) is 3. The highest BCUT2D eigenvalue weighted by Gasteiger charge is 2.18. The smallest absolute Gasteiger partial charge is 0.330 e. The third-order valence-corrected chi connectivity index (χ3v) is 4.29. The standard InChI is InChI=1S/C17H22N6O2/c1-10-8-12-13(9-11(10)2)23(7-6-19-5-3-4-18)15-14(20-12)16(24)22-17(25)21-15/h8-9,19H,3-7,18H2,1-2H3,(H,22,24,25). The van der Waals surface area contributed by atoms with E-state index in [0.29, 0.717) is 31.0 Å². The van der Waals surface area contributed by atoms with Gasteiger partial charge in [0.2, 0.25) is 0 Å². The number of rotatable bonds is 6. The van der Waals surface area contributed by atoms with Gasteiger partial charge in [0.15, 0.2) is 11.5 Å². The molecule has 0 saturated heterocycles. The fourth-order valence-corrected chi connectivity index (χ4v) is 2.82. The van der Waals surface area contributed by atoms with Gasteiger partial charge in [0.05, 0.1) is 11.0 Å². The molecule has 0 unspecified atom stereocenters. The highest BCUT2D eigenvalue weighted by Crippen LogP contribution is 2.23. The van der Waals surface area contributed by atoms with Gasteiger partial charge in [-0.25, -0.2) is 9.78 Å². The second-order valence-corrected chi connectivity index (χ2v) is 6.12. The van der Waals surface area contributed by atoms with Crippen LogP contribution in [0.2, 0.25) is 0 Å². The van der Waals surface area contributed by atoms with Gasteiger partial charge in [-0.2, -0.15) is 4.98 Å². The molecule has 1 aromatic rings. The lowest BCUT2D eigenvalue weighted by molar-refractivity contribution is 0.590. The van der Waals surface area contributed by atoms with Crippen LogP contribution in [-0.2, 0) is 6.54 Å². The Labute approximate surface area is 144 Å². The number of nitrogens with one attached hydrogen (secondary N) is 2. The first-order chi connectivity index (χ1) is 12.0. The molecular formula is C17H22N6O2. The molecule has 0 spiro atoms. The number of benzene rings is 1. The number of fused-ring (bicyclic) bond motifs is 2. The summed E-state index contributed by atoms with van der Waals surface area (Å²) in [6, 6.07) is 3.97. The fraction of sp³-hybridized carbons (Fsp3) is 0.412. The number of H-pyrrole nitrogens is 1. The van der Waals surface area contributed by atoms with Crippen molar-refractivity contribution in [3.8, 4) is 11.5 Å². The molecule has 0 aromatic heterocycles. The average molecular weight is 342 g/mol. The number of aromatic nitrogens is 4. The van der Waals surface area contributed by atoms with Crippen LogP contribution in [0.3, 0.4) is 0 Å². The maximum Gasteiger partial charge on any atom is 0.349 e. The van der Waals surface area contributed by atoms with E-state index in [1.165, 1.54) is 0 Å². The molecule has 0 fully saturated rings. The summed E-state index contributed by atoms with van der Waals surface area (Å²) >= 11 is 0. The van der Waals surface area contributed by atoms with Gasteiger partial charge in [-0.1, -0.05) is 0 Å². The number of aryl methyl sites for hydroxylation is 2. The summed E-state index contributed by atoms with van der Waals surface area (Å²) in [5.74, 6) is 0.310. The van der Waals surface area contributed by atoms with Crippen LogP contribution in [0.4, 0.5) is 0 Å². The first-order valence-corrected chi connectivity index (χ1v) is 8.34. The molecule has 0 bridgehead atoms. The third-order valence-electron chi connectivity index (χ3n) is 4.29. The molecule has 4 N–H and O–H groups in total. The first-order valence-electron chi connectivity index (χ1n) is 8.34. The van der Waals surface area contributed by atoms with Gasteiger partial charge in [-0.15, -0.1) is 0 Å². The van der Waals surface area contributed by atoms with Gasteiger partial charge in [0.1, 0.15) is 0 Å². The predicted molar refractivity (Wildman–Crippen MR) is 97.1 cm³/mol. The van der Waals surface area contributed by atoms with Crippen molar-refractivity contribution < 1.29 is 0 Å². The van der Waals surface area contributed by atoms with Crippen LogP contribution in [-0.4, -0.2) is 39.2 Å². The largest absolute Gasteiger partial charge is 0.349 e. The molecule has 0 aliphatic carbocycles. The number of aromatic amines is 1. The normalized spacial score (nSPS) is 11.5. The molecule has 0 radical (unpaired) electrons. The molecule has 25 heavy (non-hydrogen) atoms. The Kier molecular flexibility index (Phi) is 4.91. The zero-order valence-electron chi connectivity index (χ0n) is 14.4. The monoisotopic (exact) mass is 342 g/mol. The molecule has 8 nitrogen and oxygen atoms in total. The zero-order chi connectivity index (χ0) is 18.0. The summed E-state index contributed by atoms with van der Waals surface area (Å²) in [4.78, 5) is 34.5. The van der Waals surface area contributed by atoms with E-state index in [0.717, 1.165) is 29.6 Å². The Morgan fingerprint density at radius 3 is 2.68 bits per heavy atom. The number of hydrogen-bond donors (Lipinski definition) is 3. The van der Waals surface area contributed by atoms with Gasteiger partial charge < -0.3 is 15.6 Å². The van der Waals surface area contributed by atoms with E-state index in [1.54, 1.807) is 0 Å². The number of nitrogens with two attached hydrogens (primary N) is 1. The second kappa shape index (κ2) is 7.12. The molecule has 2 heterocycles. The van der Waals surface area contributed by atoms with Crippen LogP contribution in [0.5, 0.6) is 0 Å². The van der Waals surface area contributed by atoms with Crippen molar-refractivity contribution in [2.24, 2.45) is 5.73 Å². The van der Waals surface area contributed by atoms with E-state index in [2.05, 4.69) is 20.3 Å². The van der Waals surface area contributed by atoms with E-state index in [-0.39, 0.29) is 5.69 Å². The second-order valence-electron chi connectivity index (χ2n) is 6.12. The average Bonchev–Trinajstić information content (AvgIpc) is 2.56. The molecule has 1 aromatic carbocycles. The Morgan fingerprint density at radius 2 is 1.92 bits per heavy atom. The molecule has 0 atom stereocenters. The summed E-state index contributed by atoms with van der Waals surface area (Å²) in [6.45, 7) is 6.72. The molecular weight excluding hydrogens is 320 g/mol. The van der Waals surface area contributed by atoms with Crippen molar-refractivity contribution in [1.29, 1.82) is 0 Å². The quantitative estimate of drug-likeness (QED) is 0.433. The number of hydrogen-bond acceptors (Lipinski definition) is 6. The SMILES string of the molecule is Cc1cc2nc3c(=O)[nH]c(=O)nc-3n(CCNCCCN)c2cc1C. The highest BCUT2D eigenvalue weighted by molar-refractivity contribution is 5.81. The molecule has 2 aliphatic rings. The first kappa shape index (κ1) is 17.2. The van der Waals surface area contributed by atoms with Crippen molar-refractivity contribution in [3.05, 3.63) is 44.1 Å². The van der Waals surface area contributed by atoms with Gasteiger partial charge >= 0.3 is 5.69 Å². The minimum absolute atomic E-state index is 0.178. The van der Waals surface area contributed by atoms with Crippen LogP contribution in [0, 0.1) is 13.8 Å². The van der Waals surface area contributed by atoms with E-state index >= 15 is 0 Å². The molecule has 2 aliphatic heterocycles. The third kappa shape index (κ3) is 3.45. The van der Waals surface area contributed by atoms with Gasteiger partial charge in [-0.3, -0.25) is 9.78 Å². The molecule has 132 valence electrons. The summed E-state index contributed by atoms with van der Waals surface area (Å²) < 4.78 is 1.89. The lowest BCUT2D eigenvalue weighted by Gasteiger charge is -2.18. The van der Waals surface area contributed by atoms with Crippen molar-refractivity contribution >= 4 is 11.0 Å². The predicted octanol–water partition coefficient (Wildman–Crippen LogP) is 0.140. The maximum atomic E-state index is 12.2. The van der Waals surface area contributed by atoms with Crippen LogP contribution < -0.4 is 22.3 Å². The summed E-state index contributed by atoms with van der Waals surface area (Å²) in [5.41, 5.74) is 8.28. The lowest BCUT2D eigenvalue weighted by Crippen LogP contribution is -2.30. The molecule has 8 heteroatoms. The Bertz CT molecular complexity index is 991. The van der Waals surface area contributed by atoms with E-state index < -0.39 is 11.2 Å². The van der Waals surface area contributed by atoms with Crippen LogP contribution in [0.1, 0.15) is 17.5 Å². The van der Waals surface area contributed by atoms with Gasteiger partial charge in [-0.05, 0) is 56.6 Å². The molecule has 0 amide bonds. The molecule has 3 rings (SSSR count). The van der Waals surface area contributed by atoms with E-state index in [4.69, 9.17) is 5.73 Å². The minimum Gasteiger partial charge on any atom is -0.330 e. The van der Waals surface area contributed by atoms with Crippen LogP contribution in [0.25, 0.3) is 22.6 Å². The van der Waals surface area contributed by atoms with Crippen LogP contribution >= 0.6 is 0 Å². The lowest BCUT2D eigenvalue weighted by atomic mass is 10.1. The van der Waals surface area contributed by atoms with Crippen LogP contribution in [0.15, 0.2) is 21.7 Å². The Morgan fingerprint density at radius 1 is 1.16 bits per heavy atom. The maximum absolute atomic E-state index is 12.2. The van der Waals surface area contributed by atoms with Crippen molar-refractivity contribution in [3.63, 3.8) is 0 Å². The Hall–Kier alpha value is -2.58. The van der Waals surface area contributed by atoms with Gasteiger partial charge in [0, 0.05) is 13.1 Å². The summed E-state index contributed by atoms with van der Waals surface area (Å²) in [5, 5.41) is 3.31. The van der Waals surface area contributed by atoms with Crippen molar-refractivity contribution in [2.75, 3.05) is 19.6 Å². The highest BCUT2D eigenvalue weighted by atomic mass is 16.2. The summed E-state index contributed by atoms with van der Waals surface area (Å²) in [6.07, 6.45) is 0.892. The van der Waals surface area contributed by atoms with E-state index in [1.807, 2.05) is 30.5 Å². The Balaban J connectivity index is 2.16. The minimum atomic E-state index is -0.660. The fourth-order valence-electron chi connectivity index (χ4n) is 2.82. The van der Waals surface area contributed by atoms with Crippen molar-refractivity contribution in [1.82, 2.24) is 24.8 Å². The summed E-state index contributed by atoms with van der Waals surface area (Å²) in [7, 11) is 0.